The second-order valence-electron chi connectivity index (χ2n) is 5.81. The molecule has 0 saturated heterocycles. The molecule has 0 spiro atoms. The minimum Gasteiger partial charge on any atom is -0.463 e. The zero-order valence-electron chi connectivity index (χ0n) is 14.2. The third kappa shape index (κ3) is 14.9. The van der Waals surface area contributed by atoms with Crippen LogP contribution in [0.4, 0.5) is 0 Å². The molecule has 5 heteroatoms. The van der Waals surface area contributed by atoms with Gasteiger partial charge in [-0.1, -0.05) is 64.4 Å². The number of hydrogen-bond donors (Lipinski definition) is 0. The number of unbranched alkanes of at least 4 members (excludes halogenated alkanes) is 8. The molecule has 0 N–H and O–H groups in total. The molecule has 0 bridgehead atoms. The van der Waals surface area contributed by atoms with Crippen molar-refractivity contribution in [3.8, 4) is 0 Å². The van der Waals surface area contributed by atoms with Gasteiger partial charge in [-0.25, -0.2) is 4.79 Å². The van der Waals surface area contributed by atoms with Gasteiger partial charge < -0.3 is 4.74 Å². The minimum atomic E-state index is -1.88. The zero-order chi connectivity index (χ0) is 16.7. The molecular formula is C17H32Cl2O2Si. The predicted octanol–water partition coefficient (Wildman–Crippen LogP) is 6.56. The molecule has 0 unspecified atom stereocenters. The van der Waals surface area contributed by atoms with Crippen molar-refractivity contribution in [1.29, 1.82) is 0 Å². The molecule has 0 fully saturated rings. The van der Waals surface area contributed by atoms with Crippen LogP contribution in [0, 0.1) is 0 Å². The van der Waals surface area contributed by atoms with Crippen LogP contribution in [-0.2, 0) is 9.53 Å². The van der Waals surface area contributed by atoms with E-state index in [4.69, 9.17) is 26.9 Å². The first kappa shape index (κ1) is 22.0. The Labute approximate surface area is 147 Å². The largest absolute Gasteiger partial charge is 0.463 e. The highest BCUT2D eigenvalue weighted by Gasteiger charge is 2.24. The normalized spacial score (nSPS) is 12.0. The Hall–Kier alpha value is 0.00688. The van der Waals surface area contributed by atoms with E-state index in [1.54, 1.807) is 6.08 Å². The van der Waals surface area contributed by atoms with Crippen molar-refractivity contribution < 1.29 is 9.53 Å². The van der Waals surface area contributed by atoms with Gasteiger partial charge in [0.1, 0.15) is 0 Å². The fraction of sp³-hybridized carbons (Fsp3) is 0.824. The molecule has 0 saturated carbocycles. The Bertz CT molecular complexity index is 307. The number of carbonyl (C=O) groups is 1. The minimum absolute atomic E-state index is 0.230. The topological polar surface area (TPSA) is 26.3 Å². The molecule has 0 rings (SSSR count). The van der Waals surface area contributed by atoms with E-state index in [0.717, 1.165) is 24.9 Å². The Kier molecular flexibility index (Phi) is 14.6. The molecule has 130 valence electrons. The van der Waals surface area contributed by atoms with Gasteiger partial charge in [0, 0.05) is 6.08 Å². The monoisotopic (exact) mass is 366 g/mol. The van der Waals surface area contributed by atoms with Crippen LogP contribution in [0.15, 0.2) is 12.2 Å². The van der Waals surface area contributed by atoms with Gasteiger partial charge in [0.25, 0.3) is 6.69 Å². The first-order valence-corrected chi connectivity index (χ1v) is 13.1. The molecule has 2 nitrogen and oxygen atoms in total. The summed E-state index contributed by atoms with van der Waals surface area (Å²) in [6, 6.07) is 2.00. The second-order valence-corrected chi connectivity index (χ2v) is 13.6. The van der Waals surface area contributed by atoms with Gasteiger partial charge in [0.05, 0.1) is 6.61 Å². The summed E-state index contributed by atoms with van der Waals surface area (Å²) < 4.78 is 5.05. The van der Waals surface area contributed by atoms with Gasteiger partial charge in [-0.15, -0.1) is 22.2 Å². The lowest BCUT2D eigenvalue weighted by molar-refractivity contribution is -0.137. The number of hydrogen-bond acceptors (Lipinski definition) is 2. The summed E-state index contributed by atoms with van der Waals surface area (Å²) in [5, 5.41) is 0. The van der Waals surface area contributed by atoms with Crippen LogP contribution in [0.1, 0.15) is 71.6 Å². The van der Waals surface area contributed by atoms with Crippen molar-refractivity contribution in [1.82, 2.24) is 0 Å². The van der Waals surface area contributed by atoms with Crippen molar-refractivity contribution >= 4 is 34.8 Å². The summed E-state index contributed by atoms with van der Waals surface area (Å²) in [7, 11) is 0. The lowest BCUT2D eigenvalue weighted by Crippen LogP contribution is -2.16. The van der Waals surface area contributed by atoms with Crippen LogP contribution >= 0.6 is 22.2 Å². The third-order valence-electron chi connectivity index (χ3n) is 3.75. The smallest absolute Gasteiger partial charge is 0.330 e. The Morgan fingerprint density at radius 1 is 0.955 bits per heavy atom. The predicted molar refractivity (Wildman–Crippen MR) is 100 cm³/mol. The summed E-state index contributed by atoms with van der Waals surface area (Å²) in [6.45, 7) is 2.57. The van der Waals surface area contributed by atoms with Crippen molar-refractivity contribution in [3.05, 3.63) is 12.2 Å². The molecule has 0 aliphatic heterocycles. The molecule has 0 amide bonds. The van der Waals surface area contributed by atoms with Gasteiger partial charge in [0.15, 0.2) is 0 Å². The van der Waals surface area contributed by atoms with E-state index in [1.165, 1.54) is 51.0 Å². The molecule has 22 heavy (non-hydrogen) atoms. The summed E-state index contributed by atoms with van der Waals surface area (Å²) >= 11 is 12.5. The first-order valence-electron chi connectivity index (χ1n) is 8.69. The highest BCUT2D eigenvalue weighted by molar-refractivity contribution is 7.45. The molecule has 0 aliphatic rings. The number of esters is 1. The molecule has 0 aromatic heterocycles. The SMILES string of the molecule is CC=CC(=O)OCCCCCCCCCCC[Si](Cl)(Cl)CC. The molecule has 0 atom stereocenters. The van der Waals surface area contributed by atoms with Crippen LogP contribution in [0.3, 0.4) is 0 Å². The molecule has 0 heterocycles. The summed E-state index contributed by atoms with van der Waals surface area (Å²) in [5.41, 5.74) is 0. The molecule has 0 aromatic rings. The van der Waals surface area contributed by atoms with Crippen molar-refractivity contribution in [3.63, 3.8) is 0 Å². The molecular weight excluding hydrogens is 335 g/mol. The Balaban J connectivity index is 3.19. The van der Waals surface area contributed by atoms with E-state index >= 15 is 0 Å². The van der Waals surface area contributed by atoms with Crippen LogP contribution in [-0.4, -0.2) is 19.3 Å². The number of carbonyl (C=O) groups excluding carboxylic acids is 1. The Morgan fingerprint density at radius 3 is 1.95 bits per heavy atom. The van der Waals surface area contributed by atoms with E-state index in [9.17, 15) is 4.79 Å². The van der Waals surface area contributed by atoms with Gasteiger partial charge >= 0.3 is 5.97 Å². The quantitative estimate of drug-likeness (QED) is 0.114. The number of rotatable bonds is 14. The summed E-state index contributed by atoms with van der Waals surface area (Å²) in [6.07, 6.45) is 14.1. The lowest BCUT2D eigenvalue weighted by Gasteiger charge is -2.13. The van der Waals surface area contributed by atoms with Crippen molar-refractivity contribution in [2.24, 2.45) is 0 Å². The van der Waals surface area contributed by atoms with Gasteiger partial charge in [-0.05, 0) is 25.4 Å². The van der Waals surface area contributed by atoms with E-state index in [-0.39, 0.29) is 5.97 Å². The maximum absolute atomic E-state index is 11.1. The molecule has 0 radical (unpaired) electrons. The molecule has 0 aromatic carbocycles. The van der Waals surface area contributed by atoms with Crippen LogP contribution in [0.25, 0.3) is 0 Å². The average molecular weight is 367 g/mol. The molecule has 0 aliphatic carbocycles. The van der Waals surface area contributed by atoms with Crippen molar-refractivity contribution in [2.75, 3.05) is 6.61 Å². The average Bonchev–Trinajstić information content (AvgIpc) is 2.48. The highest BCUT2D eigenvalue weighted by atomic mass is 35.7. The fourth-order valence-corrected chi connectivity index (χ4v) is 4.18. The van der Waals surface area contributed by atoms with Gasteiger partial charge in [-0.2, -0.15) is 0 Å². The van der Waals surface area contributed by atoms with E-state index < -0.39 is 6.69 Å². The van der Waals surface area contributed by atoms with E-state index in [0.29, 0.717) is 6.61 Å². The lowest BCUT2D eigenvalue weighted by atomic mass is 10.1. The maximum Gasteiger partial charge on any atom is 0.330 e. The first-order chi connectivity index (χ1) is 10.5. The second kappa shape index (κ2) is 14.6. The van der Waals surface area contributed by atoms with Crippen LogP contribution < -0.4 is 0 Å². The van der Waals surface area contributed by atoms with Crippen LogP contribution in [0.2, 0.25) is 12.1 Å². The zero-order valence-corrected chi connectivity index (χ0v) is 16.7. The highest BCUT2D eigenvalue weighted by Crippen LogP contribution is 2.27. The Morgan fingerprint density at radius 2 is 1.45 bits per heavy atom. The van der Waals surface area contributed by atoms with Crippen LogP contribution in [0.5, 0.6) is 0 Å². The maximum atomic E-state index is 11.1. The van der Waals surface area contributed by atoms with Gasteiger partial charge in [0.2, 0.25) is 0 Å². The fourth-order valence-electron chi connectivity index (χ4n) is 2.26. The summed E-state index contributed by atoms with van der Waals surface area (Å²) in [4.78, 5) is 11.1. The third-order valence-corrected chi connectivity index (χ3v) is 8.61. The van der Waals surface area contributed by atoms with Gasteiger partial charge in [-0.3, -0.25) is 0 Å². The standard InChI is InChI=1S/C17H32Cl2O2Si/c1-3-14-17(20)21-15-12-10-8-6-5-7-9-11-13-16-22(18,19)4-2/h3,14H,4-13,15-16H2,1-2H3. The summed E-state index contributed by atoms with van der Waals surface area (Å²) in [5.74, 6) is -0.230. The van der Waals surface area contributed by atoms with E-state index in [2.05, 4.69) is 6.92 Å². The number of ether oxygens (including phenoxy) is 1. The number of halogens is 2. The van der Waals surface area contributed by atoms with E-state index in [1.807, 2.05) is 6.92 Å². The number of allylic oxidation sites excluding steroid dienone is 1. The van der Waals surface area contributed by atoms with Crippen molar-refractivity contribution in [2.45, 2.75) is 83.7 Å².